The molecule has 2 aromatic heterocycles. The molecule has 0 amide bonds. The number of aromatic nitrogens is 3. The van der Waals surface area contributed by atoms with Gasteiger partial charge in [0.2, 0.25) is 0 Å². The van der Waals surface area contributed by atoms with Crippen LogP contribution in [-0.2, 0) is 13.0 Å². The van der Waals surface area contributed by atoms with E-state index in [2.05, 4.69) is 26.8 Å². The molecule has 0 spiro atoms. The molecular weight excluding hydrogens is 260 g/mol. The van der Waals surface area contributed by atoms with Crippen LogP contribution in [0, 0.1) is 6.92 Å². The molecule has 2 aromatic rings. The van der Waals surface area contributed by atoms with Gasteiger partial charge >= 0.3 is 0 Å². The van der Waals surface area contributed by atoms with Gasteiger partial charge in [-0.3, -0.25) is 0 Å². The van der Waals surface area contributed by atoms with Crippen LogP contribution in [0.4, 0.5) is 5.82 Å². The zero-order valence-corrected chi connectivity index (χ0v) is 12.1. The maximum Gasteiger partial charge on any atom is 0.135 e. The average Bonchev–Trinajstić information content (AvgIpc) is 2.41. The standard InChI is InChI=1S/C14H17ClN4/c1-4-12-8-16-10(2)18-14(12)19(3)9-11-5-6-13(15)17-7-11/h5-8H,4,9H2,1-3H3. The molecule has 0 atom stereocenters. The van der Waals surface area contributed by atoms with E-state index in [1.165, 1.54) is 0 Å². The van der Waals surface area contributed by atoms with Gasteiger partial charge in [-0.05, 0) is 25.0 Å². The van der Waals surface area contributed by atoms with Gasteiger partial charge in [-0.25, -0.2) is 15.0 Å². The predicted octanol–water partition coefficient (Wildman–Crippen LogP) is 3.03. The lowest BCUT2D eigenvalue weighted by atomic mass is 10.2. The zero-order chi connectivity index (χ0) is 13.8. The van der Waals surface area contributed by atoms with E-state index < -0.39 is 0 Å². The first kappa shape index (κ1) is 13.7. The SMILES string of the molecule is CCc1cnc(C)nc1N(C)Cc1ccc(Cl)nc1. The molecule has 0 fully saturated rings. The highest BCUT2D eigenvalue weighted by Crippen LogP contribution is 2.18. The Hall–Kier alpha value is -1.68. The fraction of sp³-hybridized carbons (Fsp3) is 0.357. The van der Waals surface area contributed by atoms with E-state index in [0.717, 1.165) is 35.7 Å². The Labute approximate surface area is 118 Å². The zero-order valence-electron chi connectivity index (χ0n) is 11.4. The van der Waals surface area contributed by atoms with Gasteiger partial charge in [0.1, 0.15) is 16.8 Å². The van der Waals surface area contributed by atoms with E-state index in [4.69, 9.17) is 11.6 Å². The molecule has 0 radical (unpaired) electrons. The minimum absolute atomic E-state index is 0.513. The van der Waals surface area contributed by atoms with Crippen LogP contribution in [-0.4, -0.2) is 22.0 Å². The number of halogens is 1. The van der Waals surface area contributed by atoms with Crippen LogP contribution in [0.5, 0.6) is 0 Å². The maximum atomic E-state index is 5.79. The van der Waals surface area contributed by atoms with E-state index in [1.807, 2.05) is 26.2 Å². The van der Waals surface area contributed by atoms with Crippen molar-refractivity contribution in [1.82, 2.24) is 15.0 Å². The molecule has 4 nitrogen and oxygen atoms in total. The largest absolute Gasteiger partial charge is 0.355 e. The minimum atomic E-state index is 0.513. The number of aryl methyl sites for hydroxylation is 2. The van der Waals surface area contributed by atoms with Crippen molar-refractivity contribution in [2.45, 2.75) is 26.8 Å². The Morgan fingerprint density at radius 2 is 2.00 bits per heavy atom. The van der Waals surface area contributed by atoms with E-state index in [9.17, 15) is 0 Å². The summed E-state index contributed by atoms with van der Waals surface area (Å²) in [7, 11) is 2.02. The van der Waals surface area contributed by atoms with Crippen molar-refractivity contribution >= 4 is 17.4 Å². The van der Waals surface area contributed by atoms with Gasteiger partial charge in [-0.2, -0.15) is 0 Å². The lowest BCUT2D eigenvalue weighted by Crippen LogP contribution is -2.20. The van der Waals surface area contributed by atoms with Crippen molar-refractivity contribution in [1.29, 1.82) is 0 Å². The number of rotatable bonds is 4. The third kappa shape index (κ3) is 3.41. The van der Waals surface area contributed by atoms with Crippen molar-refractivity contribution < 1.29 is 0 Å². The smallest absolute Gasteiger partial charge is 0.135 e. The lowest BCUT2D eigenvalue weighted by Gasteiger charge is -2.21. The first-order valence-corrected chi connectivity index (χ1v) is 6.62. The first-order chi connectivity index (χ1) is 9.10. The molecule has 0 unspecified atom stereocenters. The van der Waals surface area contributed by atoms with Crippen LogP contribution < -0.4 is 4.90 Å². The normalized spacial score (nSPS) is 10.5. The van der Waals surface area contributed by atoms with E-state index in [0.29, 0.717) is 5.15 Å². The molecule has 0 N–H and O–H groups in total. The second kappa shape index (κ2) is 5.97. The number of pyridine rings is 1. The van der Waals surface area contributed by atoms with Crippen molar-refractivity contribution in [3.05, 3.63) is 46.6 Å². The van der Waals surface area contributed by atoms with E-state index in [1.54, 1.807) is 12.3 Å². The summed E-state index contributed by atoms with van der Waals surface area (Å²) >= 11 is 5.79. The Morgan fingerprint density at radius 3 is 2.63 bits per heavy atom. The first-order valence-electron chi connectivity index (χ1n) is 6.24. The summed E-state index contributed by atoms with van der Waals surface area (Å²) in [5.74, 6) is 1.76. The topological polar surface area (TPSA) is 41.9 Å². The summed E-state index contributed by atoms with van der Waals surface area (Å²) in [4.78, 5) is 15.0. The molecule has 0 bridgehead atoms. The van der Waals surface area contributed by atoms with Crippen LogP contribution in [0.25, 0.3) is 0 Å². The van der Waals surface area contributed by atoms with Crippen LogP contribution in [0.15, 0.2) is 24.5 Å². The number of nitrogens with zero attached hydrogens (tertiary/aromatic N) is 4. The summed E-state index contributed by atoms with van der Waals surface area (Å²) in [5.41, 5.74) is 2.25. The third-order valence-electron chi connectivity index (χ3n) is 2.91. The van der Waals surface area contributed by atoms with Gasteiger partial charge in [-0.1, -0.05) is 24.6 Å². The van der Waals surface area contributed by atoms with Gasteiger partial charge < -0.3 is 4.90 Å². The van der Waals surface area contributed by atoms with Gasteiger partial charge in [0.25, 0.3) is 0 Å². The second-order valence-electron chi connectivity index (χ2n) is 4.46. The summed E-state index contributed by atoms with van der Waals surface area (Å²) in [6.07, 6.45) is 4.60. The molecule has 5 heteroatoms. The highest BCUT2D eigenvalue weighted by atomic mass is 35.5. The van der Waals surface area contributed by atoms with Gasteiger partial charge in [0.05, 0.1) is 0 Å². The second-order valence-corrected chi connectivity index (χ2v) is 4.85. The van der Waals surface area contributed by atoms with Gasteiger partial charge in [-0.15, -0.1) is 0 Å². The summed E-state index contributed by atoms with van der Waals surface area (Å²) < 4.78 is 0. The van der Waals surface area contributed by atoms with E-state index in [-0.39, 0.29) is 0 Å². The molecule has 0 aliphatic heterocycles. The molecule has 2 heterocycles. The quantitative estimate of drug-likeness (QED) is 0.805. The molecule has 19 heavy (non-hydrogen) atoms. The summed E-state index contributed by atoms with van der Waals surface area (Å²) in [5, 5.41) is 0.513. The minimum Gasteiger partial charge on any atom is -0.355 e. The van der Waals surface area contributed by atoms with Crippen molar-refractivity contribution in [2.75, 3.05) is 11.9 Å². The number of hydrogen-bond donors (Lipinski definition) is 0. The van der Waals surface area contributed by atoms with Gasteiger partial charge in [0.15, 0.2) is 0 Å². The van der Waals surface area contributed by atoms with Crippen LogP contribution in [0.1, 0.15) is 23.9 Å². The van der Waals surface area contributed by atoms with Crippen molar-refractivity contribution in [2.24, 2.45) is 0 Å². The van der Waals surface area contributed by atoms with Gasteiger partial charge in [0, 0.05) is 31.5 Å². The molecule has 0 aliphatic rings. The molecule has 0 aromatic carbocycles. The molecular formula is C14H17ClN4. The molecule has 2 rings (SSSR count). The highest BCUT2D eigenvalue weighted by molar-refractivity contribution is 6.29. The van der Waals surface area contributed by atoms with Crippen LogP contribution in [0.3, 0.4) is 0 Å². The monoisotopic (exact) mass is 276 g/mol. The summed E-state index contributed by atoms with van der Waals surface area (Å²) in [6.45, 7) is 4.75. The van der Waals surface area contributed by atoms with Crippen LogP contribution in [0.2, 0.25) is 5.15 Å². The molecule has 0 aliphatic carbocycles. The van der Waals surface area contributed by atoms with Crippen molar-refractivity contribution in [3.8, 4) is 0 Å². The highest BCUT2D eigenvalue weighted by Gasteiger charge is 2.10. The Balaban J connectivity index is 2.21. The third-order valence-corrected chi connectivity index (χ3v) is 3.14. The molecule has 100 valence electrons. The fourth-order valence-electron chi connectivity index (χ4n) is 1.91. The van der Waals surface area contributed by atoms with Crippen molar-refractivity contribution in [3.63, 3.8) is 0 Å². The number of hydrogen-bond acceptors (Lipinski definition) is 4. The molecule has 0 saturated heterocycles. The fourth-order valence-corrected chi connectivity index (χ4v) is 2.02. The summed E-state index contributed by atoms with van der Waals surface area (Å²) in [6, 6.07) is 3.78. The Bertz CT molecular complexity index is 554. The lowest BCUT2D eigenvalue weighted by molar-refractivity contribution is 0.853. The Kier molecular flexibility index (Phi) is 4.32. The molecule has 0 saturated carbocycles. The maximum absolute atomic E-state index is 5.79. The van der Waals surface area contributed by atoms with E-state index >= 15 is 0 Å². The Morgan fingerprint density at radius 1 is 1.21 bits per heavy atom. The predicted molar refractivity (Wildman–Crippen MR) is 77.5 cm³/mol. The number of anilines is 1. The van der Waals surface area contributed by atoms with Crippen LogP contribution >= 0.6 is 11.6 Å². The average molecular weight is 277 g/mol.